The summed E-state index contributed by atoms with van der Waals surface area (Å²) in [7, 11) is -3.27. The number of carbonyl (C=O) groups excluding carboxylic acids is 1. The Morgan fingerprint density at radius 3 is 2.52 bits per heavy atom. The van der Waals surface area contributed by atoms with Gasteiger partial charge in [-0.1, -0.05) is 12.1 Å². The van der Waals surface area contributed by atoms with Crippen molar-refractivity contribution in [3.8, 4) is 0 Å². The van der Waals surface area contributed by atoms with Gasteiger partial charge in [0.05, 0.1) is 16.3 Å². The molecule has 9 heteroatoms. The highest BCUT2D eigenvalue weighted by atomic mass is 32.2. The highest BCUT2D eigenvalue weighted by Gasteiger charge is 2.17. The number of fused-ring (bicyclic) bond motifs is 1. The smallest absolute Gasteiger partial charge is 0.330 e. The molecule has 1 atom stereocenters. The predicted octanol–water partition coefficient (Wildman–Crippen LogP) is 2.18. The van der Waals surface area contributed by atoms with E-state index in [-0.39, 0.29) is 4.90 Å². The molecule has 1 aromatic carbocycles. The maximum atomic E-state index is 12.4. The zero-order chi connectivity index (χ0) is 18.2. The predicted molar refractivity (Wildman–Crippen MR) is 95.8 cm³/mol. The fourth-order valence-electron chi connectivity index (χ4n) is 2.33. The largest absolute Gasteiger partial charge is 0.338 e. The fraction of sp³-hybridized carbons (Fsp3) is 0.188. The molecular weight excluding hydrogens is 362 g/mol. The summed E-state index contributed by atoms with van der Waals surface area (Å²) in [6.07, 6.45) is 2.70. The number of nitrogens with one attached hydrogen (secondary N) is 1. The molecule has 130 valence electrons. The Bertz CT molecular complexity index is 1100. The number of hydrogen-bond donors (Lipinski definition) is 1. The molecule has 0 radical (unpaired) electrons. The van der Waals surface area contributed by atoms with Crippen LogP contribution >= 0.6 is 11.5 Å². The Morgan fingerprint density at radius 1 is 1.24 bits per heavy atom. The Morgan fingerprint density at radius 2 is 1.92 bits per heavy atom. The van der Waals surface area contributed by atoms with Crippen molar-refractivity contribution < 1.29 is 13.2 Å². The molecule has 1 unspecified atom stereocenters. The molecule has 3 rings (SSSR count). The van der Waals surface area contributed by atoms with Crippen LogP contribution in [0, 0.1) is 0 Å². The summed E-state index contributed by atoms with van der Waals surface area (Å²) in [5, 5.41) is 3.13. The van der Waals surface area contributed by atoms with Crippen molar-refractivity contribution in [1.82, 2.24) is 14.3 Å². The number of aromatic nitrogens is 2. The first kappa shape index (κ1) is 17.3. The van der Waals surface area contributed by atoms with E-state index in [1.54, 1.807) is 37.4 Å². The van der Waals surface area contributed by atoms with Crippen molar-refractivity contribution >= 4 is 37.6 Å². The summed E-state index contributed by atoms with van der Waals surface area (Å²) >= 11 is 0.977. The average Bonchev–Trinajstić information content (AvgIpc) is 2.91. The van der Waals surface area contributed by atoms with E-state index in [2.05, 4.69) is 10.3 Å². The van der Waals surface area contributed by atoms with Crippen LogP contribution in [0.25, 0.3) is 10.2 Å². The van der Waals surface area contributed by atoms with Crippen LogP contribution in [-0.4, -0.2) is 29.6 Å². The maximum Gasteiger partial charge on any atom is 0.338 e. The topological polar surface area (TPSA) is 98.1 Å². The third kappa shape index (κ3) is 3.47. The second kappa shape index (κ2) is 6.41. The van der Waals surface area contributed by atoms with Crippen molar-refractivity contribution in [3.63, 3.8) is 0 Å². The molecular formula is C16H15N3O4S2. The molecule has 1 amide bonds. The number of benzene rings is 1. The van der Waals surface area contributed by atoms with Gasteiger partial charge in [0.15, 0.2) is 9.84 Å². The standard InChI is InChI=1S/C16H15N3O4S2/c1-10(11-5-7-12(8-6-11)25(2,22)23)18-16(21)19-15(20)13-4-3-9-17-14(13)24-19/h3-10H,1-2H3,(H,18,21). The van der Waals surface area contributed by atoms with Gasteiger partial charge in [0.25, 0.3) is 5.56 Å². The molecule has 0 aliphatic rings. The lowest BCUT2D eigenvalue weighted by atomic mass is 10.1. The lowest BCUT2D eigenvalue weighted by Crippen LogP contribution is -2.34. The summed E-state index contributed by atoms with van der Waals surface area (Å²) in [6.45, 7) is 1.75. The molecule has 0 saturated heterocycles. The number of amides is 1. The van der Waals surface area contributed by atoms with Gasteiger partial charge in [-0.15, -0.1) is 0 Å². The van der Waals surface area contributed by atoms with Crippen molar-refractivity contribution in [2.75, 3.05) is 6.26 Å². The van der Waals surface area contributed by atoms with E-state index in [4.69, 9.17) is 0 Å². The maximum absolute atomic E-state index is 12.4. The van der Waals surface area contributed by atoms with Crippen LogP contribution in [0.3, 0.4) is 0 Å². The quantitative estimate of drug-likeness (QED) is 0.754. The van der Waals surface area contributed by atoms with Crippen molar-refractivity contribution in [3.05, 3.63) is 58.5 Å². The van der Waals surface area contributed by atoms with Crippen LogP contribution < -0.4 is 10.9 Å². The minimum Gasteiger partial charge on any atom is -0.330 e. The molecule has 0 fully saturated rings. The Balaban J connectivity index is 1.82. The average molecular weight is 377 g/mol. The minimum absolute atomic E-state index is 0.210. The van der Waals surface area contributed by atoms with Crippen LogP contribution in [0.2, 0.25) is 0 Å². The molecule has 0 spiro atoms. The summed E-state index contributed by atoms with van der Waals surface area (Å²) < 4.78 is 24.0. The van der Waals surface area contributed by atoms with Crippen molar-refractivity contribution in [1.29, 1.82) is 0 Å². The summed E-state index contributed by atoms with van der Waals surface area (Å²) in [6, 6.07) is 8.57. The van der Waals surface area contributed by atoms with Gasteiger partial charge >= 0.3 is 6.03 Å². The lowest BCUT2D eigenvalue weighted by Gasteiger charge is -2.14. The Kier molecular flexibility index (Phi) is 4.44. The van der Waals surface area contributed by atoms with Gasteiger partial charge in [-0.3, -0.25) is 4.79 Å². The third-order valence-corrected chi connectivity index (χ3v) is 5.84. The van der Waals surface area contributed by atoms with E-state index in [1.165, 1.54) is 12.1 Å². The zero-order valence-corrected chi connectivity index (χ0v) is 15.1. The van der Waals surface area contributed by atoms with Crippen LogP contribution in [0.5, 0.6) is 0 Å². The first-order valence-electron chi connectivity index (χ1n) is 7.35. The van der Waals surface area contributed by atoms with Gasteiger partial charge in [-0.05, 0) is 48.3 Å². The Hall–Kier alpha value is -2.52. The summed E-state index contributed by atoms with van der Waals surface area (Å²) in [4.78, 5) is 29.4. The molecule has 2 aromatic heterocycles. The zero-order valence-electron chi connectivity index (χ0n) is 13.5. The van der Waals surface area contributed by atoms with E-state index in [0.717, 1.165) is 27.3 Å². The molecule has 0 bridgehead atoms. The lowest BCUT2D eigenvalue weighted by molar-refractivity contribution is 0.241. The van der Waals surface area contributed by atoms with Crippen LogP contribution in [0.1, 0.15) is 18.5 Å². The van der Waals surface area contributed by atoms with Crippen molar-refractivity contribution in [2.24, 2.45) is 0 Å². The number of carbonyl (C=O) groups is 1. The number of rotatable bonds is 3. The summed E-state index contributed by atoms with van der Waals surface area (Å²) in [5.41, 5.74) is 0.318. The number of pyridine rings is 1. The van der Waals surface area contributed by atoms with Crippen LogP contribution in [0.15, 0.2) is 52.3 Å². The third-order valence-electron chi connectivity index (χ3n) is 3.70. The molecule has 0 saturated carbocycles. The van der Waals surface area contributed by atoms with E-state index in [9.17, 15) is 18.0 Å². The minimum atomic E-state index is -3.27. The van der Waals surface area contributed by atoms with Gasteiger partial charge in [-0.2, -0.15) is 3.96 Å². The molecule has 0 aliphatic carbocycles. The molecule has 25 heavy (non-hydrogen) atoms. The monoisotopic (exact) mass is 377 g/mol. The SMILES string of the molecule is CC(NC(=O)n1sc2ncccc2c1=O)c1ccc(S(C)(=O)=O)cc1. The second-order valence-corrected chi connectivity index (χ2v) is 8.51. The van der Waals surface area contributed by atoms with Crippen LogP contribution in [-0.2, 0) is 9.84 Å². The first-order valence-corrected chi connectivity index (χ1v) is 10.0. The molecule has 0 aliphatic heterocycles. The second-order valence-electron chi connectivity index (χ2n) is 5.56. The molecule has 1 N–H and O–H groups in total. The number of nitrogens with zero attached hydrogens (tertiary/aromatic N) is 2. The van der Waals surface area contributed by atoms with Gasteiger partial charge < -0.3 is 5.32 Å². The summed E-state index contributed by atoms with van der Waals surface area (Å²) in [5.74, 6) is 0. The highest BCUT2D eigenvalue weighted by Crippen LogP contribution is 2.17. The molecule has 7 nitrogen and oxygen atoms in total. The normalized spacial score (nSPS) is 12.9. The number of hydrogen-bond acceptors (Lipinski definition) is 6. The fourth-order valence-corrected chi connectivity index (χ4v) is 3.81. The van der Waals surface area contributed by atoms with Crippen molar-refractivity contribution in [2.45, 2.75) is 17.9 Å². The van der Waals surface area contributed by atoms with Crippen LogP contribution in [0.4, 0.5) is 4.79 Å². The van der Waals surface area contributed by atoms with E-state index >= 15 is 0 Å². The van der Waals surface area contributed by atoms with E-state index in [0.29, 0.717) is 10.2 Å². The van der Waals surface area contributed by atoms with E-state index < -0.39 is 27.5 Å². The molecule has 2 heterocycles. The van der Waals surface area contributed by atoms with Gasteiger partial charge in [0.1, 0.15) is 4.83 Å². The van der Waals surface area contributed by atoms with Gasteiger partial charge in [0, 0.05) is 12.5 Å². The molecule has 3 aromatic rings. The Labute approximate surface area is 148 Å². The van der Waals surface area contributed by atoms with Gasteiger partial charge in [0.2, 0.25) is 0 Å². The number of sulfone groups is 1. The van der Waals surface area contributed by atoms with E-state index in [1.807, 2.05) is 0 Å². The highest BCUT2D eigenvalue weighted by molar-refractivity contribution is 7.90. The van der Waals surface area contributed by atoms with Gasteiger partial charge in [-0.25, -0.2) is 18.2 Å². The first-order chi connectivity index (χ1) is 11.8.